The van der Waals surface area contributed by atoms with Crippen molar-refractivity contribution in [3.05, 3.63) is 54.4 Å². The van der Waals surface area contributed by atoms with E-state index in [9.17, 15) is 0 Å². The Balaban J connectivity index is 1.84. The number of benzene rings is 1. The molecule has 0 bridgehead atoms. The molecule has 5 nitrogen and oxygen atoms in total. The molecule has 1 aromatic carbocycles. The molecule has 0 aliphatic rings. The number of nitrogens with zero attached hydrogens (tertiary/aromatic N) is 4. The van der Waals surface area contributed by atoms with Crippen molar-refractivity contribution in [3.8, 4) is 0 Å². The molecule has 0 saturated carbocycles. The van der Waals surface area contributed by atoms with Gasteiger partial charge in [-0.25, -0.2) is 9.97 Å². The minimum atomic E-state index is 0.592. The van der Waals surface area contributed by atoms with E-state index in [1.807, 2.05) is 31.2 Å². The Hall–Kier alpha value is -2.56. The van der Waals surface area contributed by atoms with Crippen LogP contribution >= 0.6 is 0 Å². The van der Waals surface area contributed by atoms with Gasteiger partial charge in [-0.1, -0.05) is 12.1 Å². The quantitative estimate of drug-likeness (QED) is 0.774. The van der Waals surface area contributed by atoms with Gasteiger partial charge in [0.1, 0.15) is 12.1 Å². The van der Waals surface area contributed by atoms with E-state index in [1.54, 1.807) is 18.7 Å². The third-order valence-electron chi connectivity index (χ3n) is 2.81. The normalized spacial score (nSPS) is 10.6. The molecule has 94 valence electrons. The summed E-state index contributed by atoms with van der Waals surface area (Å²) in [5, 5.41) is 4.27. The molecule has 3 aromatic rings. The maximum Gasteiger partial charge on any atom is 0.137 e. The highest BCUT2D eigenvalue weighted by molar-refractivity contribution is 5.88. The number of nitrogens with one attached hydrogen (secondary N) is 1. The lowest BCUT2D eigenvalue weighted by molar-refractivity contribution is 0.977. The van der Waals surface area contributed by atoms with E-state index in [0.717, 1.165) is 28.1 Å². The first-order valence-corrected chi connectivity index (χ1v) is 6.04. The number of rotatable bonds is 3. The summed E-state index contributed by atoms with van der Waals surface area (Å²) in [6.07, 6.45) is 5.09. The van der Waals surface area contributed by atoms with Crippen LogP contribution in [-0.4, -0.2) is 19.9 Å². The lowest BCUT2D eigenvalue weighted by Crippen LogP contribution is -2.04. The molecule has 0 spiro atoms. The van der Waals surface area contributed by atoms with Crippen LogP contribution in [0.2, 0.25) is 0 Å². The van der Waals surface area contributed by atoms with E-state index in [2.05, 4.69) is 25.3 Å². The van der Waals surface area contributed by atoms with Crippen LogP contribution in [0.3, 0.4) is 0 Å². The Bertz CT molecular complexity index is 688. The van der Waals surface area contributed by atoms with E-state index in [0.29, 0.717) is 6.54 Å². The van der Waals surface area contributed by atoms with E-state index >= 15 is 0 Å². The van der Waals surface area contributed by atoms with Gasteiger partial charge in [-0.2, -0.15) is 0 Å². The van der Waals surface area contributed by atoms with Gasteiger partial charge in [0.25, 0.3) is 0 Å². The van der Waals surface area contributed by atoms with E-state index in [4.69, 9.17) is 0 Å². The second-order valence-corrected chi connectivity index (χ2v) is 4.24. The van der Waals surface area contributed by atoms with Crippen molar-refractivity contribution in [2.24, 2.45) is 0 Å². The van der Waals surface area contributed by atoms with Gasteiger partial charge in [0.05, 0.1) is 29.6 Å². The Labute approximate surface area is 110 Å². The first-order valence-electron chi connectivity index (χ1n) is 6.04. The fourth-order valence-electron chi connectivity index (χ4n) is 1.83. The second kappa shape index (κ2) is 4.97. The fourth-order valence-corrected chi connectivity index (χ4v) is 1.83. The van der Waals surface area contributed by atoms with Gasteiger partial charge in [-0.3, -0.25) is 9.97 Å². The molecule has 0 radical (unpaired) electrons. The maximum absolute atomic E-state index is 4.31. The van der Waals surface area contributed by atoms with Crippen LogP contribution in [0.4, 0.5) is 5.82 Å². The lowest BCUT2D eigenvalue weighted by atomic mass is 10.2. The van der Waals surface area contributed by atoms with Crippen LogP contribution in [0.15, 0.2) is 43.0 Å². The number of aryl methyl sites for hydroxylation is 1. The zero-order chi connectivity index (χ0) is 13.1. The molecule has 2 heterocycles. The Morgan fingerprint density at radius 2 is 1.89 bits per heavy atom. The number of hydrogen-bond acceptors (Lipinski definition) is 5. The SMILES string of the molecule is Cc1cnc(CNc2ncnc3ccccc23)cn1. The van der Waals surface area contributed by atoms with Crippen LogP contribution in [-0.2, 0) is 6.54 Å². The maximum atomic E-state index is 4.31. The van der Waals surface area contributed by atoms with Crippen molar-refractivity contribution in [2.45, 2.75) is 13.5 Å². The molecule has 0 atom stereocenters. The molecule has 0 fully saturated rings. The summed E-state index contributed by atoms with van der Waals surface area (Å²) in [6, 6.07) is 7.90. The molecule has 0 saturated heterocycles. The van der Waals surface area contributed by atoms with Crippen LogP contribution in [0.5, 0.6) is 0 Å². The highest BCUT2D eigenvalue weighted by Gasteiger charge is 2.02. The van der Waals surface area contributed by atoms with Crippen LogP contribution < -0.4 is 5.32 Å². The zero-order valence-corrected chi connectivity index (χ0v) is 10.5. The number of hydrogen-bond donors (Lipinski definition) is 1. The minimum absolute atomic E-state index is 0.592. The largest absolute Gasteiger partial charge is 0.364 e. The molecule has 19 heavy (non-hydrogen) atoms. The average Bonchev–Trinajstić information content (AvgIpc) is 2.47. The summed E-state index contributed by atoms with van der Waals surface area (Å²) >= 11 is 0. The molecular formula is C14H13N5. The summed E-state index contributed by atoms with van der Waals surface area (Å²) in [7, 11) is 0. The highest BCUT2D eigenvalue weighted by atomic mass is 15.0. The number of aromatic nitrogens is 4. The minimum Gasteiger partial charge on any atom is -0.364 e. The molecular weight excluding hydrogens is 238 g/mol. The Kier molecular flexibility index (Phi) is 3.02. The standard InChI is InChI=1S/C14H13N5/c1-10-6-16-11(7-15-10)8-17-14-12-4-2-3-5-13(12)18-9-19-14/h2-7,9H,8H2,1H3,(H,17,18,19). The van der Waals surface area contributed by atoms with Crippen molar-refractivity contribution < 1.29 is 0 Å². The third-order valence-corrected chi connectivity index (χ3v) is 2.81. The predicted molar refractivity (Wildman–Crippen MR) is 73.6 cm³/mol. The number of para-hydroxylation sites is 1. The molecule has 1 N–H and O–H groups in total. The smallest absolute Gasteiger partial charge is 0.137 e. The Morgan fingerprint density at radius 3 is 2.74 bits per heavy atom. The van der Waals surface area contributed by atoms with E-state index < -0.39 is 0 Å². The summed E-state index contributed by atoms with van der Waals surface area (Å²) < 4.78 is 0. The van der Waals surface area contributed by atoms with E-state index in [-0.39, 0.29) is 0 Å². The number of anilines is 1. The molecule has 0 aliphatic carbocycles. The summed E-state index contributed by atoms with van der Waals surface area (Å²) in [5.74, 6) is 0.813. The summed E-state index contributed by atoms with van der Waals surface area (Å²) in [5.41, 5.74) is 2.72. The van der Waals surface area contributed by atoms with E-state index in [1.165, 1.54) is 0 Å². The molecule has 0 unspecified atom stereocenters. The van der Waals surface area contributed by atoms with Crippen molar-refractivity contribution in [1.29, 1.82) is 0 Å². The van der Waals surface area contributed by atoms with Crippen LogP contribution in [0.25, 0.3) is 10.9 Å². The fraction of sp³-hybridized carbons (Fsp3) is 0.143. The third kappa shape index (κ3) is 2.49. The van der Waals surface area contributed by atoms with Gasteiger partial charge in [-0.15, -0.1) is 0 Å². The zero-order valence-electron chi connectivity index (χ0n) is 10.5. The molecule has 3 rings (SSSR count). The lowest BCUT2D eigenvalue weighted by Gasteiger charge is -2.07. The van der Waals surface area contributed by atoms with Crippen molar-refractivity contribution in [3.63, 3.8) is 0 Å². The number of fused-ring (bicyclic) bond motifs is 1. The summed E-state index contributed by atoms with van der Waals surface area (Å²) in [6.45, 7) is 2.51. The molecule has 0 amide bonds. The average molecular weight is 251 g/mol. The van der Waals surface area contributed by atoms with Crippen molar-refractivity contribution in [2.75, 3.05) is 5.32 Å². The van der Waals surface area contributed by atoms with Crippen LogP contribution in [0, 0.1) is 6.92 Å². The van der Waals surface area contributed by atoms with Gasteiger partial charge in [-0.05, 0) is 19.1 Å². The molecule has 5 heteroatoms. The molecule has 2 aromatic heterocycles. The first-order chi connectivity index (χ1) is 9.33. The second-order valence-electron chi connectivity index (χ2n) is 4.24. The van der Waals surface area contributed by atoms with Gasteiger partial charge >= 0.3 is 0 Å². The topological polar surface area (TPSA) is 63.6 Å². The van der Waals surface area contributed by atoms with Crippen molar-refractivity contribution in [1.82, 2.24) is 19.9 Å². The van der Waals surface area contributed by atoms with Gasteiger partial charge in [0, 0.05) is 11.6 Å². The summed E-state index contributed by atoms with van der Waals surface area (Å²) in [4.78, 5) is 17.0. The first kappa shape index (κ1) is 11.5. The predicted octanol–water partition coefficient (Wildman–Crippen LogP) is 2.34. The van der Waals surface area contributed by atoms with Gasteiger partial charge in [0.15, 0.2) is 0 Å². The van der Waals surface area contributed by atoms with Crippen molar-refractivity contribution >= 4 is 16.7 Å². The van der Waals surface area contributed by atoms with Crippen LogP contribution in [0.1, 0.15) is 11.4 Å². The molecule has 0 aliphatic heterocycles. The Morgan fingerprint density at radius 1 is 1.00 bits per heavy atom. The monoisotopic (exact) mass is 251 g/mol. The van der Waals surface area contributed by atoms with Gasteiger partial charge in [0.2, 0.25) is 0 Å². The van der Waals surface area contributed by atoms with Gasteiger partial charge < -0.3 is 5.32 Å². The highest BCUT2D eigenvalue weighted by Crippen LogP contribution is 2.18.